The zero-order valence-corrected chi connectivity index (χ0v) is 17.7. The Morgan fingerprint density at radius 3 is 2.75 bits per heavy atom. The average molecular weight is 418 g/mol. The van der Waals surface area contributed by atoms with E-state index in [1.54, 1.807) is 11.3 Å². The third-order valence-corrected chi connectivity index (χ3v) is 7.17. The molecule has 4 rings (SSSR count). The highest BCUT2D eigenvalue weighted by Gasteiger charge is 2.31. The van der Waals surface area contributed by atoms with Crippen LogP contribution in [0, 0.1) is 13.8 Å². The first-order chi connectivity index (χ1) is 13.3. The molecule has 0 radical (unpaired) electrons. The molecule has 1 aliphatic rings. The van der Waals surface area contributed by atoms with Crippen molar-refractivity contribution in [2.24, 2.45) is 5.73 Å². The van der Waals surface area contributed by atoms with Gasteiger partial charge >= 0.3 is 0 Å². The first-order valence-electron chi connectivity index (χ1n) is 9.26. The molecule has 0 spiro atoms. The van der Waals surface area contributed by atoms with Crippen LogP contribution in [0.2, 0.25) is 0 Å². The Bertz CT molecular complexity index is 1050. The molecule has 1 amide bonds. The van der Waals surface area contributed by atoms with Gasteiger partial charge in [-0.05, 0) is 39.2 Å². The van der Waals surface area contributed by atoms with Gasteiger partial charge in [0.05, 0.1) is 10.6 Å². The highest BCUT2D eigenvalue weighted by molar-refractivity contribution is 7.99. The number of aromatic nitrogens is 5. The van der Waals surface area contributed by atoms with E-state index in [0.717, 1.165) is 39.6 Å². The van der Waals surface area contributed by atoms with Crippen LogP contribution in [0.15, 0.2) is 5.16 Å². The van der Waals surface area contributed by atoms with Gasteiger partial charge < -0.3 is 16.0 Å². The number of thioether (sulfide) groups is 1. The minimum Gasteiger partial charge on any atom is -0.383 e. The van der Waals surface area contributed by atoms with E-state index in [4.69, 9.17) is 16.5 Å². The summed E-state index contributed by atoms with van der Waals surface area (Å²) in [6.45, 7) is 6.64. The summed E-state index contributed by atoms with van der Waals surface area (Å²) >= 11 is 3.17. The van der Waals surface area contributed by atoms with Gasteiger partial charge in [-0.2, -0.15) is 0 Å². The molecule has 0 bridgehead atoms. The van der Waals surface area contributed by atoms with Crippen LogP contribution in [0.5, 0.6) is 0 Å². The monoisotopic (exact) mass is 417 g/mol. The van der Waals surface area contributed by atoms with Gasteiger partial charge in [-0.15, -0.1) is 21.5 Å². The predicted molar refractivity (Wildman–Crippen MR) is 111 cm³/mol. The van der Waals surface area contributed by atoms with Crippen LogP contribution in [0.3, 0.4) is 0 Å². The molecule has 3 aromatic heterocycles. The number of anilines is 1. The van der Waals surface area contributed by atoms with Crippen molar-refractivity contribution in [2.75, 3.05) is 5.73 Å². The summed E-state index contributed by atoms with van der Waals surface area (Å²) in [6, 6.07) is 0. The van der Waals surface area contributed by atoms with Crippen LogP contribution in [0.1, 0.15) is 59.4 Å². The maximum Gasteiger partial charge on any atom is 0.219 e. The normalized spacial score (nSPS) is 15.2. The Balaban J connectivity index is 1.62. The van der Waals surface area contributed by atoms with Gasteiger partial charge in [-0.25, -0.2) is 9.97 Å². The van der Waals surface area contributed by atoms with Crippen LogP contribution < -0.4 is 11.5 Å². The van der Waals surface area contributed by atoms with Crippen LogP contribution in [-0.2, 0) is 11.3 Å². The summed E-state index contributed by atoms with van der Waals surface area (Å²) in [6.07, 6.45) is 2.49. The van der Waals surface area contributed by atoms with Crippen LogP contribution in [0.4, 0.5) is 5.82 Å². The van der Waals surface area contributed by atoms with Gasteiger partial charge in [0.25, 0.3) is 0 Å². The van der Waals surface area contributed by atoms with E-state index in [9.17, 15) is 4.79 Å². The van der Waals surface area contributed by atoms with Gasteiger partial charge in [0.2, 0.25) is 5.91 Å². The maximum absolute atomic E-state index is 11.3. The molecule has 1 fully saturated rings. The summed E-state index contributed by atoms with van der Waals surface area (Å²) in [5.74, 6) is 2.24. The van der Waals surface area contributed by atoms with E-state index in [1.807, 2.05) is 18.4 Å². The second-order valence-electron chi connectivity index (χ2n) is 7.17. The number of nitrogen functional groups attached to an aromatic ring is 1. The average Bonchev–Trinajstić information content (AvgIpc) is 3.34. The second-order valence-corrected chi connectivity index (χ2v) is 9.68. The number of primary amides is 1. The Labute approximate surface area is 171 Å². The smallest absolute Gasteiger partial charge is 0.219 e. The number of rotatable bonds is 7. The molecule has 4 N–H and O–H groups in total. The third kappa shape index (κ3) is 3.58. The van der Waals surface area contributed by atoms with Crippen LogP contribution in [-0.4, -0.2) is 30.6 Å². The fourth-order valence-corrected chi connectivity index (χ4v) is 5.12. The van der Waals surface area contributed by atoms with Crippen LogP contribution in [0.25, 0.3) is 10.2 Å². The van der Waals surface area contributed by atoms with Crippen molar-refractivity contribution < 1.29 is 4.79 Å². The fourth-order valence-electron chi connectivity index (χ4n) is 3.15. The molecule has 10 heteroatoms. The van der Waals surface area contributed by atoms with E-state index in [2.05, 4.69) is 22.1 Å². The summed E-state index contributed by atoms with van der Waals surface area (Å²) < 4.78 is 2.02. The van der Waals surface area contributed by atoms with Crippen molar-refractivity contribution in [3.63, 3.8) is 0 Å². The molecular weight excluding hydrogens is 394 g/mol. The zero-order chi connectivity index (χ0) is 20.0. The molecule has 1 atom stereocenters. The lowest BCUT2D eigenvalue weighted by molar-refractivity contribution is -0.118. The highest BCUT2D eigenvalue weighted by Crippen LogP contribution is 2.42. The number of hydrogen-bond acceptors (Lipinski definition) is 8. The molecule has 148 valence electrons. The van der Waals surface area contributed by atoms with E-state index in [1.165, 1.54) is 16.6 Å². The number of nitrogens with two attached hydrogens (primary N) is 2. The highest BCUT2D eigenvalue weighted by atomic mass is 32.2. The molecule has 0 saturated heterocycles. The molecular formula is C18H23N7OS2. The van der Waals surface area contributed by atoms with E-state index >= 15 is 0 Å². The Morgan fingerprint density at radius 2 is 2.07 bits per heavy atom. The number of hydrogen-bond donors (Lipinski definition) is 2. The predicted octanol–water partition coefficient (Wildman–Crippen LogP) is 3.09. The van der Waals surface area contributed by atoms with E-state index < -0.39 is 0 Å². The van der Waals surface area contributed by atoms with Gasteiger partial charge in [-0.3, -0.25) is 4.79 Å². The van der Waals surface area contributed by atoms with Gasteiger partial charge in [0.15, 0.2) is 5.16 Å². The number of fused-ring (bicyclic) bond motifs is 1. The number of amides is 1. The first kappa shape index (κ1) is 19.1. The third-order valence-electron chi connectivity index (χ3n) is 4.99. The molecule has 8 nitrogen and oxygen atoms in total. The lowest BCUT2D eigenvalue weighted by Crippen LogP contribution is -2.15. The van der Waals surface area contributed by atoms with E-state index in [-0.39, 0.29) is 17.6 Å². The van der Waals surface area contributed by atoms with Gasteiger partial charge in [0.1, 0.15) is 22.3 Å². The standard InChI is InChI=1S/C18H23N7OS2/c1-8-9(2)27-17-13(8)14(20)21-15(22-17)10(3)28-18-24-23-16(11-4-5-11)25(18)7-6-12(19)26/h10-11H,4-7H2,1-3H3,(H2,19,26)(H2,20,21,22). The number of aryl methyl sites for hydroxylation is 2. The number of nitrogens with zero attached hydrogens (tertiary/aromatic N) is 5. The second kappa shape index (κ2) is 7.32. The SMILES string of the molecule is Cc1sc2nc(C(C)Sc3nnc(C4CC4)n3CCC(N)=O)nc(N)c2c1C. The molecule has 28 heavy (non-hydrogen) atoms. The quantitative estimate of drug-likeness (QED) is 0.566. The van der Waals surface area contributed by atoms with Crippen molar-refractivity contribution in [1.82, 2.24) is 24.7 Å². The largest absolute Gasteiger partial charge is 0.383 e. The molecule has 1 saturated carbocycles. The Morgan fingerprint density at radius 1 is 1.32 bits per heavy atom. The summed E-state index contributed by atoms with van der Waals surface area (Å²) in [5.41, 5.74) is 12.7. The van der Waals surface area contributed by atoms with Gasteiger partial charge in [0, 0.05) is 23.8 Å². The fraction of sp³-hybridized carbons (Fsp3) is 0.500. The topological polar surface area (TPSA) is 126 Å². The van der Waals surface area contributed by atoms with Crippen molar-refractivity contribution in [3.05, 3.63) is 22.1 Å². The van der Waals surface area contributed by atoms with E-state index in [0.29, 0.717) is 24.1 Å². The van der Waals surface area contributed by atoms with Crippen molar-refractivity contribution in [3.8, 4) is 0 Å². The van der Waals surface area contributed by atoms with Crippen LogP contribution >= 0.6 is 23.1 Å². The Kier molecular flexibility index (Phi) is 5.00. The van der Waals surface area contributed by atoms with Crippen molar-refractivity contribution in [1.29, 1.82) is 0 Å². The molecule has 3 heterocycles. The number of thiophene rings is 1. The van der Waals surface area contributed by atoms with Crippen molar-refractivity contribution in [2.45, 2.75) is 62.9 Å². The minimum atomic E-state index is -0.329. The molecule has 0 aliphatic heterocycles. The van der Waals surface area contributed by atoms with Crippen molar-refractivity contribution >= 4 is 45.0 Å². The molecule has 3 aromatic rings. The lowest BCUT2D eigenvalue weighted by atomic mass is 10.2. The number of carbonyl (C=O) groups is 1. The molecule has 1 unspecified atom stereocenters. The Hall–Kier alpha value is -2.20. The summed E-state index contributed by atoms with van der Waals surface area (Å²) in [7, 11) is 0. The number of carbonyl (C=O) groups excluding carboxylic acids is 1. The summed E-state index contributed by atoms with van der Waals surface area (Å²) in [4.78, 5) is 22.7. The summed E-state index contributed by atoms with van der Waals surface area (Å²) in [5, 5.41) is 10.4. The van der Waals surface area contributed by atoms with Gasteiger partial charge in [-0.1, -0.05) is 11.8 Å². The zero-order valence-electron chi connectivity index (χ0n) is 16.1. The molecule has 1 aliphatic carbocycles. The lowest BCUT2D eigenvalue weighted by Gasteiger charge is -2.13. The minimum absolute atomic E-state index is 0.0574. The molecule has 0 aromatic carbocycles. The maximum atomic E-state index is 11.3. The first-order valence-corrected chi connectivity index (χ1v) is 11.0.